The minimum atomic E-state index is -0.997. The average molecular weight is 291 g/mol. The standard InChI is InChI=1S/C15H17NO5/c1-8(2)11(7-14(18)19)15(20)10-4-3-9-6-13(17)16-21-12(9)5-10/h3-5,8,11H,6-7H2,1-2H3,(H,16,17)(H,18,19). The number of Topliss-reactive ketones (excluding diaryl/α,β-unsaturated/α-hetero) is 1. The number of carboxylic acids is 1. The van der Waals surface area contributed by atoms with Gasteiger partial charge in [0.05, 0.1) is 12.8 Å². The summed E-state index contributed by atoms with van der Waals surface area (Å²) in [6, 6.07) is 4.83. The third-order valence-electron chi connectivity index (χ3n) is 3.51. The molecule has 21 heavy (non-hydrogen) atoms. The Bertz CT molecular complexity index is 594. The van der Waals surface area contributed by atoms with Crippen LogP contribution < -0.4 is 10.3 Å². The van der Waals surface area contributed by atoms with Gasteiger partial charge >= 0.3 is 5.97 Å². The molecule has 0 aliphatic carbocycles. The molecular formula is C15H17NO5. The normalized spacial score (nSPS) is 14.9. The van der Waals surface area contributed by atoms with Gasteiger partial charge in [0.25, 0.3) is 5.91 Å². The van der Waals surface area contributed by atoms with E-state index in [0.29, 0.717) is 16.9 Å². The van der Waals surface area contributed by atoms with Gasteiger partial charge in [0, 0.05) is 17.0 Å². The average Bonchev–Trinajstić information content (AvgIpc) is 2.43. The van der Waals surface area contributed by atoms with E-state index in [1.165, 1.54) is 0 Å². The Morgan fingerprint density at radius 2 is 2.10 bits per heavy atom. The summed E-state index contributed by atoms with van der Waals surface area (Å²) < 4.78 is 0. The maximum Gasteiger partial charge on any atom is 0.304 e. The zero-order valence-corrected chi connectivity index (χ0v) is 11.9. The molecule has 1 aliphatic rings. The Kier molecular flexibility index (Phi) is 4.26. The summed E-state index contributed by atoms with van der Waals surface area (Å²) in [5, 5.41) is 8.93. The highest BCUT2D eigenvalue weighted by molar-refractivity contribution is 6.00. The minimum Gasteiger partial charge on any atom is -0.481 e. The largest absolute Gasteiger partial charge is 0.481 e. The molecule has 0 aromatic heterocycles. The van der Waals surface area contributed by atoms with Gasteiger partial charge in [-0.1, -0.05) is 26.0 Å². The topological polar surface area (TPSA) is 92.7 Å². The molecule has 0 saturated heterocycles. The van der Waals surface area contributed by atoms with Crippen molar-refractivity contribution < 1.29 is 24.3 Å². The van der Waals surface area contributed by atoms with Crippen molar-refractivity contribution >= 4 is 17.7 Å². The molecule has 0 saturated carbocycles. The number of carboxylic acid groups (broad SMARTS) is 1. The number of hydrogen-bond acceptors (Lipinski definition) is 4. The van der Waals surface area contributed by atoms with Gasteiger partial charge in [-0.2, -0.15) is 5.48 Å². The lowest BCUT2D eigenvalue weighted by Gasteiger charge is -2.20. The van der Waals surface area contributed by atoms with Gasteiger partial charge in [-0.25, -0.2) is 0 Å². The van der Waals surface area contributed by atoms with E-state index in [4.69, 9.17) is 9.94 Å². The first-order valence-electron chi connectivity index (χ1n) is 6.73. The summed E-state index contributed by atoms with van der Waals surface area (Å²) in [4.78, 5) is 39.6. The van der Waals surface area contributed by atoms with Crippen molar-refractivity contribution in [1.29, 1.82) is 0 Å². The molecule has 112 valence electrons. The van der Waals surface area contributed by atoms with Crippen LogP contribution in [0.3, 0.4) is 0 Å². The Balaban J connectivity index is 2.26. The molecule has 0 radical (unpaired) electrons. The van der Waals surface area contributed by atoms with Gasteiger partial charge in [-0.3, -0.25) is 14.4 Å². The van der Waals surface area contributed by atoms with Crippen LogP contribution in [0.1, 0.15) is 36.2 Å². The smallest absolute Gasteiger partial charge is 0.304 e. The predicted octanol–water partition coefficient (Wildman–Crippen LogP) is 1.58. The van der Waals surface area contributed by atoms with Gasteiger partial charge < -0.3 is 9.94 Å². The van der Waals surface area contributed by atoms with E-state index in [9.17, 15) is 14.4 Å². The Morgan fingerprint density at radius 1 is 1.38 bits per heavy atom. The fraction of sp³-hybridized carbons (Fsp3) is 0.400. The minimum absolute atomic E-state index is 0.0785. The third kappa shape index (κ3) is 3.39. The van der Waals surface area contributed by atoms with Gasteiger partial charge in [-0.15, -0.1) is 0 Å². The predicted molar refractivity (Wildman–Crippen MR) is 73.8 cm³/mol. The molecule has 1 amide bonds. The molecule has 6 nitrogen and oxygen atoms in total. The van der Waals surface area contributed by atoms with Crippen LogP contribution in [0.5, 0.6) is 5.75 Å². The van der Waals surface area contributed by atoms with Gasteiger partial charge in [0.15, 0.2) is 11.5 Å². The van der Waals surface area contributed by atoms with Crippen molar-refractivity contribution in [3.63, 3.8) is 0 Å². The SMILES string of the molecule is CC(C)C(CC(=O)O)C(=O)c1ccc2c(c1)ONC(=O)C2. The summed E-state index contributed by atoms with van der Waals surface area (Å²) in [7, 11) is 0. The molecule has 2 rings (SSSR count). The summed E-state index contributed by atoms with van der Waals surface area (Å²) >= 11 is 0. The number of benzene rings is 1. The zero-order valence-electron chi connectivity index (χ0n) is 11.9. The summed E-state index contributed by atoms with van der Waals surface area (Å²) in [5.74, 6) is -1.70. The second kappa shape index (κ2) is 5.95. The second-order valence-corrected chi connectivity index (χ2v) is 5.44. The first-order valence-corrected chi connectivity index (χ1v) is 6.73. The van der Waals surface area contributed by atoms with E-state index in [0.717, 1.165) is 0 Å². The van der Waals surface area contributed by atoms with Crippen molar-refractivity contribution in [3.8, 4) is 5.75 Å². The maximum absolute atomic E-state index is 12.5. The number of rotatable bonds is 5. The molecule has 0 spiro atoms. The van der Waals surface area contributed by atoms with E-state index >= 15 is 0 Å². The number of hydrogen-bond donors (Lipinski definition) is 2. The molecular weight excluding hydrogens is 274 g/mol. The number of amides is 1. The Labute approximate surface area is 122 Å². The summed E-state index contributed by atoms with van der Waals surface area (Å²) in [6.45, 7) is 3.64. The monoisotopic (exact) mass is 291 g/mol. The molecule has 1 aliphatic heterocycles. The third-order valence-corrected chi connectivity index (χ3v) is 3.51. The number of nitrogens with one attached hydrogen (secondary N) is 1. The van der Waals surface area contributed by atoms with E-state index in [1.54, 1.807) is 18.2 Å². The fourth-order valence-corrected chi connectivity index (χ4v) is 2.30. The highest BCUT2D eigenvalue weighted by Gasteiger charge is 2.27. The molecule has 0 bridgehead atoms. The Hall–Kier alpha value is -2.37. The van der Waals surface area contributed by atoms with Gasteiger partial charge in [-0.05, 0) is 12.0 Å². The van der Waals surface area contributed by atoms with Crippen molar-refractivity contribution in [2.24, 2.45) is 11.8 Å². The fourth-order valence-electron chi connectivity index (χ4n) is 2.30. The highest BCUT2D eigenvalue weighted by atomic mass is 16.7. The van der Waals surface area contributed by atoms with Gasteiger partial charge in [0.2, 0.25) is 0 Å². The van der Waals surface area contributed by atoms with Crippen LogP contribution in [0.25, 0.3) is 0 Å². The second-order valence-electron chi connectivity index (χ2n) is 5.44. The van der Waals surface area contributed by atoms with Crippen molar-refractivity contribution in [2.75, 3.05) is 0 Å². The number of fused-ring (bicyclic) bond motifs is 1. The number of carbonyl (C=O) groups is 3. The van der Waals surface area contributed by atoms with Crippen LogP contribution in [0.4, 0.5) is 0 Å². The molecule has 1 aromatic rings. The van der Waals surface area contributed by atoms with Crippen LogP contribution >= 0.6 is 0 Å². The van der Waals surface area contributed by atoms with Crippen molar-refractivity contribution in [2.45, 2.75) is 26.7 Å². The van der Waals surface area contributed by atoms with Crippen LogP contribution in [0.15, 0.2) is 18.2 Å². The van der Waals surface area contributed by atoms with E-state index < -0.39 is 11.9 Å². The van der Waals surface area contributed by atoms with Crippen LogP contribution in [-0.4, -0.2) is 22.8 Å². The lowest BCUT2D eigenvalue weighted by molar-refractivity contribution is -0.138. The molecule has 0 fully saturated rings. The van der Waals surface area contributed by atoms with Crippen molar-refractivity contribution in [1.82, 2.24) is 5.48 Å². The van der Waals surface area contributed by atoms with Crippen LogP contribution in [0, 0.1) is 11.8 Å². The molecule has 1 atom stereocenters. The molecule has 2 N–H and O–H groups in total. The quantitative estimate of drug-likeness (QED) is 0.803. The lowest BCUT2D eigenvalue weighted by atomic mass is 9.85. The zero-order chi connectivity index (χ0) is 15.6. The molecule has 1 aromatic carbocycles. The van der Waals surface area contributed by atoms with Crippen molar-refractivity contribution in [3.05, 3.63) is 29.3 Å². The maximum atomic E-state index is 12.5. The summed E-state index contributed by atoms with van der Waals surface area (Å²) in [6.07, 6.45) is -0.00227. The van der Waals surface area contributed by atoms with E-state index in [1.807, 2.05) is 13.8 Å². The number of aliphatic carboxylic acids is 1. The van der Waals surface area contributed by atoms with Crippen LogP contribution in [-0.2, 0) is 16.0 Å². The highest BCUT2D eigenvalue weighted by Crippen LogP contribution is 2.27. The number of hydroxylamine groups is 1. The van der Waals surface area contributed by atoms with Gasteiger partial charge in [0.1, 0.15) is 0 Å². The first kappa shape index (κ1) is 15.0. The van der Waals surface area contributed by atoms with E-state index in [-0.39, 0.29) is 30.4 Å². The number of carbonyl (C=O) groups excluding carboxylic acids is 2. The van der Waals surface area contributed by atoms with Crippen LogP contribution in [0.2, 0.25) is 0 Å². The van der Waals surface area contributed by atoms with E-state index in [2.05, 4.69) is 5.48 Å². The molecule has 1 heterocycles. The molecule has 1 unspecified atom stereocenters. The molecule has 6 heteroatoms. The number of ketones is 1. The summed E-state index contributed by atoms with van der Waals surface area (Å²) in [5.41, 5.74) is 3.34. The first-order chi connectivity index (χ1) is 9.88. The lowest BCUT2D eigenvalue weighted by Crippen LogP contribution is -2.33. The Morgan fingerprint density at radius 3 is 2.71 bits per heavy atom.